The Morgan fingerprint density at radius 2 is 2.11 bits per heavy atom. The van der Waals surface area contributed by atoms with Crippen LogP contribution in [0, 0.1) is 11.7 Å². The maximum absolute atomic E-state index is 13.5. The molecule has 1 aromatic carbocycles. The third-order valence-corrected chi connectivity index (χ3v) is 4.28. The molecule has 1 aromatic rings. The Kier molecular flexibility index (Phi) is 3.93. The number of hydrogen-bond acceptors (Lipinski definition) is 4. The number of carbonyl (C=O) groups excluding carboxylic acids is 1. The van der Waals surface area contributed by atoms with Crippen LogP contribution in [0.3, 0.4) is 0 Å². The van der Waals surface area contributed by atoms with Crippen LogP contribution in [0.2, 0.25) is 0 Å². The lowest BCUT2D eigenvalue weighted by Crippen LogP contribution is -2.16. The minimum Gasteiger partial charge on any atom is -0.462 e. The van der Waals surface area contributed by atoms with Crippen LogP contribution in [0.5, 0.6) is 0 Å². The summed E-state index contributed by atoms with van der Waals surface area (Å²) in [6.45, 7) is 0.285. The Labute approximate surface area is 118 Å². The molecule has 5 nitrogen and oxygen atoms in total. The van der Waals surface area contributed by atoms with Gasteiger partial charge in [0.2, 0.25) is 10.0 Å². The number of benzene rings is 1. The molecule has 1 aliphatic carbocycles. The van der Waals surface area contributed by atoms with Gasteiger partial charge in [-0.3, -0.25) is 0 Å². The first kappa shape index (κ1) is 14.4. The van der Waals surface area contributed by atoms with Gasteiger partial charge in [0.15, 0.2) is 0 Å². The second kappa shape index (κ2) is 5.18. The van der Waals surface area contributed by atoms with Crippen LogP contribution in [0.15, 0.2) is 21.5 Å². The molecular weight excluding hydrogens is 341 g/mol. The van der Waals surface area contributed by atoms with E-state index in [1.54, 1.807) is 0 Å². The highest BCUT2D eigenvalue weighted by Gasteiger charge is 2.25. The molecule has 1 aliphatic rings. The van der Waals surface area contributed by atoms with Gasteiger partial charge in [0.25, 0.3) is 0 Å². The molecule has 1 fully saturated rings. The quantitative estimate of drug-likeness (QED) is 0.838. The monoisotopic (exact) mass is 351 g/mol. The molecule has 0 bridgehead atoms. The van der Waals surface area contributed by atoms with Crippen LogP contribution >= 0.6 is 15.9 Å². The Morgan fingerprint density at radius 1 is 1.47 bits per heavy atom. The molecule has 19 heavy (non-hydrogen) atoms. The minimum absolute atomic E-state index is 0.0638. The highest BCUT2D eigenvalue weighted by atomic mass is 79.9. The number of sulfonamides is 1. The van der Waals surface area contributed by atoms with E-state index in [1.807, 2.05) is 0 Å². The number of rotatable bonds is 4. The molecule has 0 spiro atoms. The Bertz CT molecular complexity index is 628. The van der Waals surface area contributed by atoms with Crippen LogP contribution in [0.1, 0.15) is 23.2 Å². The molecule has 1 saturated carbocycles. The summed E-state index contributed by atoms with van der Waals surface area (Å²) in [5.41, 5.74) is -0.0638. The van der Waals surface area contributed by atoms with Gasteiger partial charge in [-0.25, -0.2) is 22.7 Å². The van der Waals surface area contributed by atoms with Crippen LogP contribution in [-0.2, 0) is 14.8 Å². The molecule has 0 amide bonds. The third-order valence-electron chi connectivity index (χ3n) is 2.70. The zero-order valence-electron chi connectivity index (χ0n) is 9.73. The average molecular weight is 352 g/mol. The standard InChI is InChI=1S/C11H11BrFNO4S/c12-8-4-9(13)10(19(14,16)17)3-7(8)11(15)18-5-6-1-2-6/h3-4,6H,1-2,5H2,(H2,14,16,17). The van der Waals surface area contributed by atoms with E-state index in [0.29, 0.717) is 5.92 Å². The number of hydrogen-bond donors (Lipinski definition) is 1. The van der Waals surface area contributed by atoms with E-state index in [1.165, 1.54) is 0 Å². The fourth-order valence-corrected chi connectivity index (χ4v) is 2.55. The van der Waals surface area contributed by atoms with Crippen LogP contribution in [-0.4, -0.2) is 21.0 Å². The van der Waals surface area contributed by atoms with E-state index in [4.69, 9.17) is 9.88 Å². The van der Waals surface area contributed by atoms with Crippen LogP contribution < -0.4 is 5.14 Å². The highest BCUT2D eigenvalue weighted by Crippen LogP contribution is 2.30. The molecule has 0 unspecified atom stereocenters. The zero-order valence-corrected chi connectivity index (χ0v) is 12.1. The van der Waals surface area contributed by atoms with Crippen molar-refractivity contribution >= 4 is 31.9 Å². The highest BCUT2D eigenvalue weighted by molar-refractivity contribution is 9.10. The number of nitrogens with two attached hydrogens (primary N) is 1. The molecule has 2 rings (SSSR count). The van der Waals surface area contributed by atoms with E-state index in [-0.39, 0.29) is 16.6 Å². The number of ether oxygens (including phenoxy) is 1. The number of halogens is 2. The summed E-state index contributed by atoms with van der Waals surface area (Å²) in [6.07, 6.45) is 2.03. The predicted octanol–water partition coefficient (Wildman–Crippen LogP) is 1.80. The first-order chi connectivity index (χ1) is 8.79. The van der Waals surface area contributed by atoms with Gasteiger partial charge in [0.05, 0.1) is 12.2 Å². The fourth-order valence-electron chi connectivity index (χ4n) is 1.46. The molecule has 8 heteroatoms. The van der Waals surface area contributed by atoms with Gasteiger partial charge in [-0.2, -0.15) is 0 Å². The van der Waals surface area contributed by atoms with Crippen LogP contribution in [0.4, 0.5) is 4.39 Å². The van der Waals surface area contributed by atoms with E-state index >= 15 is 0 Å². The summed E-state index contributed by atoms with van der Waals surface area (Å²) >= 11 is 2.99. The molecular formula is C11H11BrFNO4S. The summed E-state index contributed by atoms with van der Waals surface area (Å²) in [4.78, 5) is 11.1. The van der Waals surface area contributed by atoms with Gasteiger partial charge in [-0.05, 0) is 46.8 Å². The van der Waals surface area contributed by atoms with E-state index in [0.717, 1.165) is 25.0 Å². The smallest absolute Gasteiger partial charge is 0.339 e. The van der Waals surface area contributed by atoms with Gasteiger partial charge < -0.3 is 4.74 Å². The lowest BCUT2D eigenvalue weighted by molar-refractivity contribution is 0.0484. The van der Waals surface area contributed by atoms with Crippen molar-refractivity contribution in [1.29, 1.82) is 0 Å². The minimum atomic E-state index is -4.23. The Balaban J connectivity index is 2.30. The van der Waals surface area contributed by atoms with Crippen molar-refractivity contribution in [2.24, 2.45) is 11.1 Å². The summed E-state index contributed by atoms with van der Waals surface area (Å²) in [7, 11) is -4.23. The summed E-state index contributed by atoms with van der Waals surface area (Å²) in [5.74, 6) is -1.35. The van der Waals surface area contributed by atoms with Crippen molar-refractivity contribution in [1.82, 2.24) is 0 Å². The third kappa shape index (κ3) is 3.52. The molecule has 0 aromatic heterocycles. The lowest BCUT2D eigenvalue weighted by atomic mass is 10.2. The van der Waals surface area contributed by atoms with Crippen molar-refractivity contribution < 1.29 is 22.3 Å². The van der Waals surface area contributed by atoms with E-state index in [9.17, 15) is 17.6 Å². The van der Waals surface area contributed by atoms with Crippen molar-refractivity contribution in [3.8, 4) is 0 Å². The number of carbonyl (C=O) groups is 1. The molecule has 0 atom stereocenters. The summed E-state index contributed by atoms with van der Waals surface area (Å²) in [6, 6.07) is 1.76. The molecule has 104 valence electrons. The van der Waals surface area contributed by atoms with Crippen molar-refractivity contribution in [3.63, 3.8) is 0 Å². The Hall–Kier alpha value is -0.990. The SMILES string of the molecule is NS(=O)(=O)c1cc(C(=O)OCC2CC2)c(Br)cc1F. The van der Waals surface area contributed by atoms with Gasteiger partial charge in [0, 0.05) is 4.47 Å². The molecule has 0 aliphatic heterocycles. The maximum atomic E-state index is 13.5. The van der Waals surface area contributed by atoms with Gasteiger partial charge in [-0.1, -0.05) is 0 Å². The predicted molar refractivity (Wildman–Crippen MR) is 68.5 cm³/mol. The average Bonchev–Trinajstić information content (AvgIpc) is 3.07. The topological polar surface area (TPSA) is 86.5 Å². The first-order valence-electron chi connectivity index (χ1n) is 5.48. The maximum Gasteiger partial charge on any atom is 0.339 e. The summed E-state index contributed by atoms with van der Waals surface area (Å²) in [5, 5.41) is 4.87. The van der Waals surface area contributed by atoms with E-state index < -0.39 is 26.7 Å². The Morgan fingerprint density at radius 3 is 2.63 bits per heavy atom. The fraction of sp³-hybridized carbons (Fsp3) is 0.364. The van der Waals surface area contributed by atoms with Gasteiger partial charge >= 0.3 is 5.97 Å². The molecule has 0 radical (unpaired) electrons. The van der Waals surface area contributed by atoms with Gasteiger partial charge in [-0.15, -0.1) is 0 Å². The number of primary sulfonamides is 1. The van der Waals surface area contributed by atoms with Crippen molar-refractivity contribution in [2.75, 3.05) is 6.61 Å². The molecule has 0 heterocycles. The molecule has 0 saturated heterocycles. The van der Waals surface area contributed by atoms with Gasteiger partial charge in [0.1, 0.15) is 10.7 Å². The van der Waals surface area contributed by atoms with Crippen molar-refractivity contribution in [3.05, 3.63) is 28.0 Å². The second-order valence-corrected chi connectivity index (χ2v) is 6.73. The first-order valence-corrected chi connectivity index (χ1v) is 7.82. The second-order valence-electron chi connectivity index (χ2n) is 4.35. The molecule has 2 N–H and O–H groups in total. The number of esters is 1. The van der Waals surface area contributed by atoms with E-state index in [2.05, 4.69) is 15.9 Å². The van der Waals surface area contributed by atoms with Crippen LogP contribution in [0.25, 0.3) is 0 Å². The van der Waals surface area contributed by atoms with Crippen molar-refractivity contribution in [2.45, 2.75) is 17.7 Å². The largest absolute Gasteiger partial charge is 0.462 e. The zero-order chi connectivity index (χ0) is 14.2. The normalized spacial score (nSPS) is 15.3. The summed E-state index contributed by atoms with van der Waals surface area (Å²) < 4.78 is 41.0. The lowest BCUT2D eigenvalue weighted by Gasteiger charge is -2.08.